The van der Waals surface area contributed by atoms with Gasteiger partial charge in [0.05, 0.1) is 6.54 Å². The molecule has 2 aromatic rings. The highest BCUT2D eigenvalue weighted by molar-refractivity contribution is 7.19. The lowest BCUT2D eigenvalue weighted by molar-refractivity contribution is 0.609. The van der Waals surface area contributed by atoms with Crippen molar-refractivity contribution in [2.45, 2.75) is 6.54 Å². The molecule has 0 bridgehead atoms. The van der Waals surface area contributed by atoms with Gasteiger partial charge in [0.25, 0.3) is 0 Å². The maximum Gasteiger partial charge on any atom is 0.191 e. The summed E-state index contributed by atoms with van der Waals surface area (Å²) >= 11 is 1.77. The molecule has 0 amide bonds. The first kappa shape index (κ1) is 11.0. The van der Waals surface area contributed by atoms with Crippen LogP contribution in [0, 0.1) is 0 Å². The maximum atomic E-state index is 5.74. The normalized spacial score (nSPS) is 12.0. The van der Waals surface area contributed by atoms with Crippen LogP contribution in [0.1, 0.15) is 4.88 Å². The Labute approximate surface area is 99.2 Å². The first-order valence-electron chi connectivity index (χ1n) is 5.11. The van der Waals surface area contributed by atoms with E-state index in [1.807, 2.05) is 19.0 Å². The van der Waals surface area contributed by atoms with E-state index < -0.39 is 0 Å². The van der Waals surface area contributed by atoms with E-state index in [0.29, 0.717) is 12.5 Å². The third-order valence-corrected chi connectivity index (χ3v) is 3.43. The van der Waals surface area contributed by atoms with E-state index in [-0.39, 0.29) is 0 Å². The van der Waals surface area contributed by atoms with Gasteiger partial charge < -0.3 is 10.6 Å². The molecule has 0 radical (unpaired) electrons. The Kier molecular flexibility index (Phi) is 3.10. The summed E-state index contributed by atoms with van der Waals surface area (Å²) in [6.45, 7) is 0.656. The van der Waals surface area contributed by atoms with Crippen LogP contribution in [-0.2, 0) is 6.54 Å². The molecular weight excluding hydrogens is 218 g/mol. The lowest BCUT2D eigenvalue weighted by atomic mass is 10.2. The molecule has 0 aliphatic carbocycles. The number of benzene rings is 1. The highest BCUT2D eigenvalue weighted by Crippen LogP contribution is 2.25. The standard InChI is InChI=1S/C12H15N3S/c1-15(2)12(13)14-8-10-7-9-5-3-4-6-11(9)16-10/h3-7H,8H2,1-2H3,(H2,13,14). The number of guanidine groups is 1. The van der Waals surface area contributed by atoms with E-state index in [1.54, 1.807) is 11.3 Å². The first-order valence-corrected chi connectivity index (χ1v) is 5.93. The molecule has 1 heterocycles. The fraction of sp³-hybridized carbons (Fsp3) is 0.250. The summed E-state index contributed by atoms with van der Waals surface area (Å²) in [7, 11) is 3.79. The molecule has 2 rings (SSSR count). The Morgan fingerprint density at radius 1 is 1.38 bits per heavy atom. The molecule has 0 saturated heterocycles. The number of aliphatic imine (C=N–C) groups is 1. The van der Waals surface area contributed by atoms with E-state index in [4.69, 9.17) is 5.73 Å². The number of rotatable bonds is 2. The van der Waals surface area contributed by atoms with E-state index in [1.165, 1.54) is 15.0 Å². The summed E-state index contributed by atoms with van der Waals surface area (Å²) in [5.41, 5.74) is 5.74. The van der Waals surface area contributed by atoms with Gasteiger partial charge in [-0.25, -0.2) is 4.99 Å². The lowest BCUT2D eigenvalue weighted by Crippen LogP contribution is -2.30. The molecule has 84 valence electrons. The Morgan fingerprint density at radius 3 is 2.81 bits per heavy atom. The summed E-state index contributed by atoms with van der Waals surface area (Å²) < 4.78 is 1.30. The van der Waals surface area contributed by atoms with Crippen molar-refractivity contribution in [3.05, 3.63) is 35.2 Å². The minimum Gasteiger partial charge on any atom is -0.370 e. The van der Waals surface area contributed by atoms with Crippen LogP contribution in [0.25, 0.3) is 10.1 Å². The summed E-state index contributed by atoms with van der Waals surface area (Å²) in [5, 5.41) is 1.28. The third-order valence-electron chi connectivity index (χ3n) is 2.33. The van der Waals surface area contributed by atoms with E-state index in [2.05, 4.69) is 35.3 Å². The number of nitrogens with zero attached hydrogens (tertiary/aromatic N) is 2. The molecule has 1 aromatic carbocycles. The van der Waals surface area contributed by atoms with Crippen molar-refractivity contribution in [1.29, 1.82) is 0 Å². The number of fused-ring (bicyclic) bond motifs is 1. The average molecular weight is 233 g/mol. The number of hydrogen-bond acceptors (Lipinski definition) is 2. The van der Waals surface area contributed by atoms with Gasteiger partial charge in [0.15, 0.2) is 5.96 Å². The minimum atomic E-state index is 0.567. The van der Waals surface area contributed by atoms with Gasteiger partial charge in [-0.15, -0.1) is 11.3 Å². The molecule has 0 aliphatic rings. The van der Waals surface area contributed by atoms with Crippen LogP contribution in [0.5, 0.6) is 0 Å². The molecule has 1 aromatic heterocycles. The number of nitrogens with two attached hydrogens (primary N) is 1. The Balaban J connectivity index is 2.19. The van der Waals surface area contributed by atoms with Gasteiger partial charge in [-0.3, -0.25) is 0 Å². The SMILES string of the molecule is CN(C)C(N)=NCc1cc2ccccc2s1. The zero-order valence-corrected chi connectivity index (χ0v) is 10.3. The zero-order chi connectivity index (χ0) is 11.5. The van der Waals surface area contributed by atoms with Crippen molar-refractivity contribution < 1.29 is 0 Å². The largest absolute Gasteiger partial charge is 0.370 e. The highest BCUT2D eigenvalue weighted by atomic mass is 32.1. The summed E-state index contributed by atoms with van der Waals surface area (Å²) in [6.07, 6.45) is 0. The molecule has 3 nitrogen and oxygen atoms in total. The van der Waals surface area contributed by atoms with Gasteiger partial charge in [0, 0.05) is 23.7 Å². The Morgan fingerprint density at radius 2 is 2.12 bits per heavy atom. The molecule has 0 aliphatic heterocycles. The molecule has 2 N–H and O–H groups in total. The van der Waals surface area contributed by atoms with Crippen LogP contribution in [0.3, 0.4) is 0 Å². The quantitative estimate of drug-likeness (QED) is 0.638. The number of thiophene rings is 1. The maximum absolute atomic E-state index is 5.74. The summed E-state index contributed by atoms with van der Waals surface area (Å²) in [5.74, 6) is 0.567. The molecule has 0 saturated carbocycles. The Hall–Kier alpha value is -1.55. The predicted molar refractivity (Wildman–Crippen MR) is 70.8 cm³/mol. The monoisotopic (exact) mass is 233 g/mol. The van der Waals surface area contributed by atoms with E-state index >= 15 is 0 Å². The Bertz CT molecular complexity index is 481. The third kappa shape index (κ3) is 2.33. The average Bonchev–Trinajstić information content (AvgIpc) is 2.68. The number of hydrogen-bond donors (Lipinski definition) is 1. The van der Waals surface area contributed by atoms with Gasteiger partial charge >= 0.3 is 0 Å². The van der Waals surface area contributed by atoms with Gasteiger partial charge in [-0.05, 0) is 17.5 Å². The van der Waals surface area contributed by atoms with Crippen LogP contribution < -0.4 is 5.73 Å². The second-order valence-corrected chi connectivity index (χ2v) is 4.99. The van der Waals surface area contributed by atoms with E-state index in [0.717, 1.165) is 0 Å². The van der Waals surface area contributed by atoms with Crippen molar-refractivity contribution >= 4 is 27.4 Å². The predicted octanol–water partition coefficient (Wildman–Crippen LogP) is 2.28. The summed E-state index contributed by atoms with van der Waals surface area (Å²) in [4.78, 5) is 7.37. The molecule has 0 unspecified atom stereocenters. The fourth-order valence-corrected chi connectivity index (χ4v) is 2.40. The van der Waals surface area contributed by atoms with Gasteiger partial charge in [-0.1, -0.05) is 18.2 Å². The van der Waals surface area contributed by atoms with Crippen LogP contribution in [-0.4, -0.2) is 25.0 Å². The molecule has 16 heavy (non-hydrogen) atoms. The van der Waals surface area contributed by atoms with Gasteiger partial charge in [0.2, 0.25) is 0 Å². The smallest absolute Gasteiger partial charge is 0.191 e. The second-order valence-electron chi connectivity index (χ2n) is 3.82. The molecule has 0 fully saturated rings. The molecule has 0 spiro atoms. The van der Waals surface area contributed by atoms with E-state index in [9.17, 15) is 0 Å². The first-order chi connectivity index (χ1) is 7.66. The fourth-order valence-electron chi connectivity index (χ4n) is 1.42. The topological polar surface area (TPSA) is 41.6 Å². The molecular formula is C12H15N3S. The minimum absolute atomic E-state index is 0.567. The highest BCUT2D eigenvalue weighted by Gasteiger charge is 2.00. The van der Waals surface area contributed by atoms with Crippen LogP contribution >= 0.6 is 11.3 Å². The summed E-state index contributed by atoms with van der Waals surface area (Å²) in [6, 6.07) is 10.5. The van der Waals surface area contributed by atoms with Gasteiger partial charge in [0.1, 0.15) is 0 Å². The van der Waals surface area contributed by atoms with Crippen molar-refractivity contribution in [1.82, 2.24) is 4.90 Å². The van der Waals surface area contributed by atoms with Crippen LogP contribution in [0.2, 0.25) is 0 Å². The molecule has 4 heteroatoms. The molecule has 0 atom stereocenters. The van der Waals surface area contributed by atoms with Crippen LogP contribution in [0.4, 0.5) is 0 Å². The second kappa shape index (κ2) is 4.53. The lowest BCUT2D eigenvalue weighted by Gasteiger charge is -2.09. The van der Waals surface area contributed by atoms with Crippen molar-refractivity contribution in [2.75, 3.05) is 14.1 Å². The van der Waals surface area contributed by atoms with Crippen molar-refractivity contribution in [2.24, 2.45) is 10.7 Å². The zero-order valence-electron chi connectivity index (χ0n) is 9.47. The van der Waals surface area contributed by atoms with Crippen LogP contribution in [0.15, 0.2) is 35.3 Å². The van der Waals surface area contributed by atoms with Gasteiger partial charge in [-0.2, -0.15) is 0 Å². The van der Waals surface area contributed by atoms with Crippen molar-refractivity contribution in [3.63, 3.8) is 0 Å². The van der Waals surface area contributed by atoms with Crippen molar-refractivity contribution in [3.8, 4) is 0 Å².